The van der Waals surface area contributed by atoms with Crippen LogP contribution in [0.1, 0.15) is 5.56 Å². The summed E-state index contributed by atoms with van der Waals surface area (Å²) in [4.78, 5) is 2.55. The van der Waals surface area contributed by atoms with E-state index in [4.69, 9.17) is 0 Å². The highest BCUT2D eigenvalue weighted by Crippen LogP contribution is 2.47. The third-order valence-electron chi connectivity index (χ3n) is 2.84. The monoisotopic (exact) mass is 222 g/mol. The molecule has 0 amide bonds. The normalized spacial score (nSPS) is 28.5. The summed E-state index contributed by atoms with van der Waals surface area (Å²) in [6.07, 6.45) is 3.38. The number of benzene rings is 1. The standard InChI is InChI=1S/C11H12NS2/c1-13-11-12-9(7-14-11)6-8-4-2-3-5-10(8)12/h2-5,7,9,11H,6H2,1H3/q+1/t9-,11?/m0/s1. The molecule has 14 heavy (non-hydrogen) atoms. The number of hydrogen-bond donors (Lipinski definition) is 0. The molecular weight excluding hydrogens is 210 g/mol. The Morgan fingerprint density at radius 3 is 3.21 bits per heavy atom. The third-order valence-corrected chi connectivity index (χ3v) is 5.31. The van der Waals surface area contributed by atoms with Crippen LogP contribution in [-0.2, 0) is 6.42 Å². The fraction of sp³-hybridized carbons (Fsp3) is 0.364. The van der Waals surface area contributed by atoms with E-state index in [9.17, 15) is 0 Å². The van der Waals surface area contributed by atoms with Gasteiger partial charge in [-0.15, -0.1) is 11.8 Å². The SMILES string of the molecule is CSC1S[CH+][C@@H]2Cc3ccccc3N12. The highest BCUT2D eigenvalue weighted by Gasteiger charge is 2.47. The second-order valence-corrected chi connectivity index (χ2v) is 5.83. The maximum Gasteiger partial charge on any atom is 0.188 e. The van der Waals surface area contributed by atoms with Crippen molar-refractivity contribution in [3.8, 4) is 0 Å². The summed E-state index contributed by atoms with van der Waals surface area (Å²) >= 11 is 3.89. The van der Waals surface area contributed by atoms with Crippen molar-refractivity contribution < 1.29 is 0 Å². The molecule has 0 aromatic heterocycles. The van der Waals surface area contributed by atoms with Crippen LogP contribution in [0.5, 0.6) is 0 Å². The predicted octanol–water partition coefficient (Wildman–Crippen LogP) is 2.97. The summed E-state index contributed by atoms with van der Waals surface area (Å²) in [5.74, 6) is 2.39. The van der Waals surface area contributed by atoms with Crippen LogP contribution < -0.4 is 4.90 Å². The summed E-state index contributed by atoms with van der Waals surface area (Å²) in [5, 5.41) is 0. The van der Waals surface area contributed by atoms with Crippen LogP contribution in [0.3, 0.4) is 0 Å². The van der Waals surface area contributed by atoms with Crippen molar-refractivity contribution in [3.05, 3.63) is 35.6 Å². The molecule has 0 aliphatic carbocycles. The van der Waals surface area contributed by atoms with Gasteiger partial charge in [-0.2, -0.15) is 0 Å². The molecule has 0 N–H and O–H groups in total. The average molecular weight is 222 g/mol. The molecule has 1 nitrogen and oxygen atoms in total. The zero-order valence-electron chi connectivity index (χ0n) is 8.01. The second-order valence-electron chi connectivity index (χ2n) is 3.62. The van der Waals surface area contributed by atoms with Crippen LogP contribution in [0, 0.1) is 5.75 Å². The van der Waals surface area contributed by atoms with E-state index in [0.717, 1.165) is 0 Å². The molecule has 1 aromatic rings. The fourth-order valence-corrected chi connectivity index (χ4v) is 4.29. The van der Waals surface area contributed by atoms with E-state index in [-0.39, 0.29) is 0 Å². The number of thioether (sulfide) groups is 2. The number of para-hydroxylation sites is 1. The minimum absolute atomic E-state index is 0.587. The first-order valence-electron chi connectivity index (χ1n) is 4.78. The number of rotatable bonds is 1. The lowest BCUT2D eigenvalue weighted by molar-refractivity contribution is 0.785. The van der Waals surface area contributed by atoms with Gasteiger partial charge in [0, 0.05) is 12.1 Å². The third kappa shape index (κ3) is 1.15. The number of hydrogen-bond acceptors (Lipinski definition) is 3. The molecule has 3 rings (SSSR count). The van der Waals surface area contributed by atoms with E-state index in [1.54, 1.807) is 0 Å². The molecular formula is C11H12NS2+. The Labute approximate surface area is 93.3 Å². The molecule has 1 unspecified atom stereocenters. The van der Waals surface area contributed by atoms with Gasteiger partial charge in [0.1, 0.15) is 11.8 Å². The van der Waals surface area contributed by atoms with E-state index in [0.29, 0.717) is 10.7 Å². The van der Waals surface area contributed by atoms with Crippen molar-refractivity contribution in [2.24, 2.45) is 0 Å². The van der Waals surface area contributed by atoms with Crippen LogP contribution >= 0.6 is 23.5 Å². The van der Waals surface area contributed by atoms with Gasteiger partial charge in [0.15, 0.2) is 16.5 Å². The van der Waals surface area contributed by atoms with Crippen LogP contribution in [0.4, 0.5) is 5.69 Å². The first-order chi connectivity index (χ1) is 6.90. The van der Waals surface area contributed by atoms with E-state index in [1.807, 2.05) is 23.5 Å². The fourth-order valence-electron chi connectivity index (χ4n) is 2.21. The minimum Gasteiger partial charge on any atom is -0.304 e. The lowest BCUT2D eigenvalue weighted by atomic mass is 10.1. The Hall–Kier alpha value is -0.410. The van der Waals surface area contributed by atoms with Crippen LogP contribution in [0.25, 0.3) is 0 Å². The molecule has 0 radical (unpaired) electrons. The highest BCUT2D eigenvalue weighted by atomic mass is 32.2. The molecule has 72 valence electrons. The second kappa shape index (κ2) is 3.31. The van der Waals surface area contributed by atoms with Crippen molar-refractivity contribution in [1.29, 1.82) is 0 Å². The Bertz CT molecular complexity index is 351. The first kappa shape index (κ1) is 8.86. The number of fused-ring (bicyclic) bond motifs is 3. The Kier molecular flexibility index (Phi) is 2.10. The topological polar surface area (TPSA) is 3.24 Å². The molecule has 1 aromatic carbocycles. The van der Waals surface area contributed by atoms with E-state index >= 15 is 0 Å². The summed E-state index contributed by atoms with van der Waals surface area (Å²) < 4.78 is 0.587. The maximum atomic E-state index is 2.55. The molecule has 2 aliphatic rings. The Balaban J connectivity index is 2.02. The summed E-state index contributed by atoms with van der Waals surface area (Å²) in [6.45, 7) is 0. The van der Waals surface area contributed by atoms with Crippen molar-refractivity contribution in [2.45, 2.75) is 17.2 Å². The summed E-state index contributed by atoms with van der Waals surface area (Å²) in [7, 11) is 0. The molecule has 2 heterocycles. The molecule has 0 saturated carbocycles. The Morgan fingerprint density at radius 2 is 2.36 bits per heavy atom. The minimum atomic E-state index is 0.587. The van der Waals surface area contributed by atoms with Gasteiger partial charge >= 0.3 is 0 Å². The van der Waals surface area contributed by atoms with E-state index in [2.05, 4.69) is 41.2 Å². The van der Waals surface area contributed by atoms with Gasteiger partial charge in [0.05, 0.1) is 0 Å². The van der Waals surface area contributed by atoms with E-state index in [1.165, 1.54) is 17.7 Å². The lowest BCUT2D eigenvalue weighted by Crippen LogP contribution is -2.30. The number of nitrogens with zero attached hydrogens (tertiary/aromatic N) is 1. The molecule has 1 fully saturated rings. The van der Waals surface area contributed by atoms with Gasteiger partial charge < -0.3 is 4.90 Å². The van der Waals surface area contributed by atoms with Crippen molar-refractivity contribution >= 4 is 29.2 Å². The van der Waals surface area contributed by atoms with Crippen molar-refractivity contribution in [1.82, 2.24) is 0 Å². The van der Waals surface area contributed by atoms with Crippen molar-refractivity contribution in [3.63, 3.8) is 0 Å². The Morgan fingerprint density at radius 1 is 1.50 bits per heavy atom. The zero-order chi connectivity index (χ0) is 9.54. The largest absolute Gasteiger partial charge is 0.304 e. The van der Waals surface area contributed by atoms with E-state index < -0.39 is 0 Å². The van der Waals surface area contributed by atoms with Gasteiger partial charge in [0.25, 0.3) is 0 Å². The molecule has 0 bridgehead atoms. The maximum absolute atomic E-state index is 2.55. The van der Waals surface area contributed by atoms with Gasteiger partial charge in [-0.05, 0) is 17.9 Å². The van der Waals surface area contributed by atoms with Gasteiger partial charge in [0.2, 0.25) is 0 Å². The highest BCUT2D eigenvalue weighted by molar-refractivity contribution is 8.18. The van der Waals surface area contributed by atoms with Crippen molar-refractivity contribution in [2.75, 3.05) is 11.2 Å². The van der Waals surface area contributed by atoms with Gasteiger partial charge in [-0.1, -0.05) is 18.2 Å². The summed E-state index contributed by atoms with van der Waals surface area (Å²) in [6, 6.07) is 9.42. The number of anilines is 1. The van der Waals surface area contributed by atoms with Crippen LogP contribution in [-0.4, -0.2) is 17.0 Å². The smallest absolute Gasteiger partial charge is 0.188 e. The predicted molar refractivity (Wildman–Crippen MR) is 65.6 cm³/mol. The molecule has 2 aliphatic heterocycles. The molecule has 0 spiro atoms. The summed E-state index contributed by atoms with van der Waals surface area (Å²) in [5.41, 5.74) is 2.95. The van der Waals surface area contributed by atoms with Gasteiger partial charge in [-0.25, -0.2) is 0 Å². The first-order valence-corrected chi connectivity index (χ1v) is 7.01. The van der Waals surface area contributed by atoms with Crippen LogP contribution in [0.15, 0.2) is 24.3 Å². The lowest BCUT2D eigenvalue weighted by Gasteiger charge is -2.19. The molecule has 2 atom stereocenters. The van der Waals surface area contributed by atoms with Crippen LogP contribution in [0.2, 0.25) is 0 Å². The zero-order valence-corrected chi connectivity index (χ0v) is 9.65. The average Bonchev–Trinajstić information content (AvgIpc) is 2.75. The molecule has 1 saturated heterocycles. The van der Waals surface area contributed by atoms with Gasteiger partial charge in [-0.3, -0.25) is 0 Å². The quantitative estimate of drug-likeness (QED) is 0.673. The molecule has 3 heteroatoms.